The number of methoxy groups -OCH3 is 1. The molecule has 9 heteroatoms. The standard InChI is InChI=1S/C35H29N5O4/c1-40-18-17-37-34(40)27-9-6-10-29(20-27)43-35-38-30(26-12-14-28(41-2)15-13-26)21-33(39-35)44-32-19-25(22-36)11-16-31(32)42-23-24-7-4-3-5-8-24/h3-16,19-21H,17-18,23H2,1-2H3. The molecule has 0 atom stereocenters. The lowest BCUT2D eigenvalue weighted by Gasteiger charge is -2.15. The molecule has 0 saturated carbocycles. The van der Waals surface area contributed by atoms with Crippen molar-refractivity contribution in [3.05, 3.63) is 120 Å². The Morgan fingerprint density at radius 1 is 0.795 bits per heavy atom. The Kier molecular flexibility index (Phi) is 8.32. The van der Waals surface area contributed by atoms with Crippen molar-refractivity contribution in [1.82, 2.24) is 14.9 Å². The second-order valence-electron chi connectivity index (χ2n) is 10.0. The van der Waals surface area contributed by atoms with Gasteiger partial charge in [0.25, 0.3) is 0 Å². The quantitative estimate of drug-likeness (QED) is 0.175. The summed E-state index contributed by atoms with van der Waals surface area (Å²) >= 11 is 0. The molecule has 6 rings (SSSR count). The number of benzene rings is 4. The van der Waals surface area contributed by atoms with E-state index in [2.05, 4.69) is 20.9 Å². The van der Waals surface area contributed by atoms with Crippen molar-refractivity contribution in [3.63, 3.8) is 0 Å². The Bertz CT molecular complexity index is 1840. The molecule has 0 aliphatic carbocycles. The number of likely N-dealkylation sites (N-methyl/N-ethyl adjacent to an activating group) is 1. The Hall–Kier alpha value is -5.88. The molecule has 5 aromatic rings. The van der Waals surface area contributed by atoms with E-state index in [0.29, 0.717) is 35.1 Å². The van der Waals surface area contributed by atoms with Gasteiger partial charge in [0, 0.05) is 36.9 Å². The average Bonchev–Trinajstić information content (AvgIpc) is 3.50. The van der Waals surface area contributed by atoms with Crippen LogP contribution in [0, 0.1) is 11.3 Å². The minimum absolute atomic E-state index is 0.0929. The molecule has 0 fully saturated rings. The minimum atomic E-state index is 0.0929. The van der Waals surface area contributed by atoms with E-state index in [0.717, 1.165) is 41.4 Å². The molecule has 44 heavy (non-hydrogen) atoms. The number of aromatic nitrogens is 2. The summed E-state index contributed by atoms with van der Waals surface area (Å²) < 4.78 is 23.9. The van der Waals surface area contributed by atoms with Gasteiger partial charge in [-0.3, -0.25) is 4.99 Å². The van der Waals surface area contributed by atoms with Crippen molar-refractivity contribution >= 4 is 5.84 Å². The van der Waals surface area contributed by atoms with E-state index < -0.39 is 0 Å². The second kappa shape index (κ2) is 13.0. The van der Waals surface area contributed by atoms with Crippen LogP contribution in [0.1, 0.15) is 16.7 Å². The van der Waals surface area contributed by atoms with E-state index in [4.69, 9.17) is 23.9 Å². The van der Waals surface area contributed by atoms with Gasteiger partial charge in [-0.1, -0.05) is 42.5 Å². The first-order valence-electron chi connectivity index (χ1n) is 14.0. The molecule has 4 aromatic carbocycles. The van der Waals surface area contributed by atoms with E-state index >= 15 is 0 Å². The first-order chi connectivity index (χ1) is 21.6. The molecule has 2 heterocycles. The van der Waals surface area contributed by atoms with Gasteiger partial charge < -0.3 is 23.8 Å². The van der Waals surface area contributed by atoms with E-state index in [1.54, 1.807) is 31.4 Å². The second-order valence-corrected chi connectivity index (χ2v) is 10.0. The van der Waals surface area contributed by atoms with Crippen LogP contribution in [0.2, 0.25) is 0 Å². The number of ether oxygens (including phenoxy) is 4. The van der Waals surface area contributed by atoms with Crippen LogP contribution in [0.25, 0.3) is 11.3 Å². The molecule has 0 bridgehead atoms. The molecular formula is C35H29N5O4. The van der Waals surface area contributed by atoms with Gasteiger partial charge in [0.05, 0.1) is 31.0 Å². The number of nitrogens with zero attached hydrogens (tertiary/aromatic N) is 5. The number of hydrogen-bond donors (Lipinski definition) is 0. The van der Waals surface area contributed by atoms with E-state index in [9.17, 15) is 5.26 Å². The summed E-state index contributed by atoms with van der Waals surface area (Å²) in [7, 11) is 3.64. The van der Waals surface area contributed by atoms with Gasteiger partial charge in [0.1, 0.15) is 23.9 Å². The SMILES string of the molecule is COc1ccc(-c2cc(Oc3cc(C#N)ccc3OCc3ccccc3)nc(Oc3cccc(C4=NCCN4C)c3)n2)cc1. The van der Waals surface area contributed by atoms with Gasteiger partial charge in [-0.2, -0.15) is 15.2 Å². The number of nitriles is 1. The smallest absolute Gasteiger partial charge is 0.325 e. The van der Waals surface area contributed by atoms with Crippen LogP contribution in [-0.2, 0) is 6.61 Å². The van der Waals surface area contributed by atoms with Gasteiger partial charge in [-0.05, 0) is 54.1 Å². The molecule has 1 aromatic heterocycles. The highest BCUT2D eigenvalue weighted by Gasteiger charge is 2.17. The lowest BCUT2D eigenvalue weighted by Crippen LogP contribution is -2.23. The molecule has 0 saturated heterocycles. The normalized spacial score (nSPS) is 12.3. The zero-order valence-corrected chi connectivity index (χ0v) is 24.3. The number of amidine groups is 1. The van der Waals surface area contributed by atoms with Crippen molar-refractivity contribution in [3.8, 4) is 52.2 Å². The maximum absolute atomic E-state index is 9.57. The third kappa shape index (κ3) is 6.61. The first kappa shape index (κ1) is 28.2. The summed E-state index contributed by atoms with van der Waals surface area (Å²) in [6.07, 6.45) is 0. The van der Waals surface area contributed by atoms with Crippen LogP contribution in [0.4, 0.5) is 0 Å². The van der Waals surface area contributed by atoms with Crippen molar-refractivity contribution in [1.29, 1.82) is 5.26 Å². The van der Waals surface area contributed by atoms with Gasteiger partial charge in [-0.25, -0.2) is 0 Å². The fourth-order valence-electron chi connectivity index (χ4n) is 4.68. The Labute approximate surface area is 255 Å². The zero-order valence-electron chi connectivity index (χ0n) is 24.3. The van der Waals surface area contributed by atoms with E-state index in [-0.39, 0.29) is 11.9 Å². The Morgan fingerprint density at radius 2 is 1.64 bits per heavy atom. The summed E-state index contributed by atoms with van der Waals surface area (Å²) in [5, 5.41) is 9.57. The average molecular weight is 584 g/mol. The van der Waals surface area contributed by atoms with Crippen molar-refractivity contribution in [2.24, 2.45) is 4.99 Å². The van der Waals surface area contributed by atoms with E-state index in [1.165, 1.54) is 0 Å². The minimum Gasteiger partial charge on any atom is -0.497 e. The first-order valence-corrected chi connectivity index (χ1v) is 14.0. The zero-order chi connectivity index (χ0) is 30.3. The summed E-state index contributed by atoms with van der Waals surface area (Å²) in [6.45, 7) is 1.96. The third-order valence-electron chi connectivity index (χ3n) is 6.95. The van der Waals surface area contributed by atoms with Crippen LogP contribution in [0.5, 0.6) is 34.9 Å². The molecule has 9 nitrogen and oxygen atoms in total. The Balaban J connectivity index is 1.34. The largest absolute Gasteiger partial charge is 0.497 e. The fourth-order valence-corrected chi connectivity index (χ4v) is 4.68. The van der Waals surface area contributed by atoms with Gasteiger partial charge in [0.15, 0.2) is 11.5 Å². The maximum Gasteiger partial charge on any atom is 0.325 e. The Morgan fingerprint density at radius 3 is 2.39 bits per heavy atom. The number of aliphatic imine (C=N–C) groups is 1. The summed E-state index contributed by atoms with van der Waals surface area (Å²) in [4.78, 5) is 16.0. The fraction of sp³-hybridized carbons (Fsp3) is 0.143. The van der Waals surface area contributed by atoms with Gasteiger partial charge in [0.2, 0.25) is 5.88 Å². The van der Waals surface area contributed by atoms with Crippen LogP contribution in [-0.4, -0.2) is 48.0 Å². The molecule has 0 spiro atoms. The number of rotatable bonds is 10. The molecule has 0 unspecified atom stereocenters. The van der Waals surface area contributed by atoms with Crippen molar-refractivity contribution in [2.75, 3.05) is 27.2 Å². The van der Waals surface area contributed by atoms with Crippen LogP contribution in [0.15, 0.2) is 108 Å². The lowest BCUT2D eigenvalue weighted by molar-refractivity contribution is 0.289. The molecule has 218 valence electrons. The highest BCUT2D eigenvalue weighted by molar-refractivity contribution is 5.99. The van der Waals surface area contributed by atoms with Crippen LogP contribution < -0.4 is 18.9 Å². The van der Waals surface area contributed by atoms with E-state index in [1.807, 2.05) is 85.9 Å². The predicted octanol–water partition coefficient (Wildman–Crippen LogP) is 6.88. The van der Waals surface area contributed by atoms with Gasteiger partial charge >= 0.3 is 6.01 Å². The predicted molar refractivity (Wildman–Crippen MR) is 167 cm³/mol. The monoisotopic (exact) mass is 583 g/mol. The molecule has 0 radical (unpaired) electrons. The van der Waals surface area contributed by atoms with Crippen LogP contribution >= 0.6 is 0 Å². The molecule has 1 aliphatic heterocycles. The van der Waals surface area contributed by atoms with Gasteiger partial charge in [-0.15, -0.1) is 0 Å². The number of hydrogen-bond acceptors (Lipinski definition) is 9. The molecular weight excluding hydrogens is 554 g/mol. The van der Waals surface area contributed by atoms with Crippen LogP contribution in [0.3, 0.4) is 0 Å². The maximum atomic E-state index is 9.57. The molecule has 0 amide bonds. The van der Waals surface area contributed by atoms with Crippen molar-refractivity contribution < 1.29 is 18.9 Å². The lowest BCUT2D eigenvalue weighted by atomic mass is 10.1. The summed E-state index contributed by atoms with van der Waals surface area (Å²) in [6, 6.07) is 34.0. The summed E-state index contributed by atoms with van der Waals surface area (Å²) in [5.41, 5.74) is 3.75. The molecule has 1 aliphatic rings. The third-order valence-corrected chi connectivity index (χ3v) is 6.95. The highest BCUT2D eigenvalue weighted by Crippen LogP contribution is 2.35. The highest BCUT2D eigenvalue weighted by atomic mass is 16.5. The molecule has 0 N–H and O–H groups in total. The van der Waals surface area contributed by atoms with Crippen molar-refractivity contribution in [2.45, 2.75) is 6.61 Å². The summed E-state index contributed by atoms with van der Waals surface area (Å²) in [5.74, 6) is 3.22. The topological polar surface area (TPSA) is 102 Å².